The quantitative estimate of drug-likeness (QED) is 0.772. The lowest BCUT2D eigenvalue weighted by molar-refractivity contribution is -0.140. The summed E-state index contributed by atoms with van der Waals surface area (Å²) < 4.78 is 8.00. The monoisotopic (exact) mass is 336 g/mol. The van der Waals surface area contributed by atoms with Crippen molar-refractivity contribution in [1.29, 1.82) is 0 Å². The van der Waals surface area contributed by atoms with Crippen LogP contribution >= 0.6 is 11.8 Å². The fourth-order valence-electron chi connectivity index (χ4n) is 3.28. The molecule has 3 aliphatic rings. The number of hydrogen-bond acceptors (Lipinski definition) is 5. The minimum absolute atomic E-state index is 0.115. The molecule has 0 aromatic carbocycles. The van der Waals surface area contributed by atoms with Gasteiger partial charge in [-0.25, -0.2) is 0 Å². The van der Waals surface area contributed by atoms with E-state index in [2.05, 4.69) is 14.8 Å². The van der Waals surface area contributed by atoms with Crippen LogP contribution in [0.2, 0.25) is 0 Å². The van der Waals surface area contributed by atoms with Crippen LogP contribution in [0.5, 0.6) is 0 Å². The van der Waals surface area contributed by atoms with Crippen LogP contribution in [0.1, 0.15) is 57.3 Å². The van der Waals surface area contributed by atoms with Gasteiger partial charge in [-0.2, -0.15) is 0 Å². The van der Waals surface area contributed by atoms with E-state index in [1.165, 1.54) is 25.7 Å². The molecule has 4 rings (SSSR count). The predicted octanol–water partition coefficient (Wildman–Crippen LogP) is 2.22. The fourth-order valence-corrected chi connectivity index (χ4v) is 4.20. The van der Waals surface area contributed by atoms with Crippen molar-refractivity contribution in [3.63, 3.8) is 0 Å². The Morgan fingerprint density at radius 3 is 2.48 bits per heavy atom. The molecular formula is C16H24N4O2S. The van der Waals surface area contributed by atoms with Crippen molar-refractivity contribution in [2.24, 2.45) is 0 Å². The van der Waals surface area contributed by atoms with Crippen molar-refractivity contribution in [1.82, 2.24) is 19.7 Å². The Hall–Kier alpha value is -1.08. The minimum atomic E-state index is 0.115. The highest BCUT2D eigenvalue weighted by Gasteiger charge is 2.36. The number of carbonyl (C=O) groups excluding carboxylic acids is 1. The number of morpholine rings is 1. The molecule has 126 valence electrons. The minimum Gasteiger partial charge on any atom is -0.372 e. The molecule has 0 N–H and O–H groups in total. The first-order valence-corrected chi connectivity index (χ1v) is 9.61. The van der Waals surface area contributed by atoms with Gasteiger partial charge in [-0.05, 0) is 39.5 Å². The van der Waals surface area contributed by atoms with E-state index in [0.29, 0.717) is 30.8 Å². The molecule has 1 aromatic rings. The third-order valence-electron chi connectivity index (χ3n) is 4.64. The van der Waals surface area contributed by atoms with Crippen LogP contribution in [0, 0.1) is 0 Å². The standard InChI is InChI=1S/C16H24N4O2S/c1-10-7-19(8-11(2)22-10)14(21)9-23-16-18-17-15(12-3-4-12)20(16)13-5-6-13/h10-13H,3-9H2,1-2H3. The first kappa shape index (κ1) is 15.4. The normalized spacial score (nSPS) is 28.2. The van der Waals surface area contributed by atoms with Gasteiger partial charge in [-0.3, -0.25) is 4.79 Å². The molecule has 2 atom stereocenters. The van der Waals surface area contributed by atoms with Gasteiger partial charge in [0.15, 0.2) is 5.16 Å². The molecule has 0 bridgehead atoms. The topological polar surface area (TPSA) is 60.2 Å². The number of hydrogen-bond donors (Lipinski definition) is 0. The molecule has 0 spiro atoms. The zero-order valence-corrected chi connectivity index (χ0v) is 14.6. The van der Waals surface area contributed by atoms with E-state index in [4.69, 9.17) is 4.74 Å². The van der Waals surface area contributed by atoms with Crippen LogP contribution in [0.25, 0.3) is 0 Å². The molecule has 0 radical (unpaired) electrons. The number of aromatic nitrogens is 3. The summed E-state index contributed by atoms with van der Waals surface area (Å²) in [6, 6.07) is 0.571. The summed E-state index contributed by atoms with van der Waals surface area (Å²) in [4.78, 5) is 14.4. The van der Waals surface area contributed by atoms with Gasteiger partial charge in [0.2, 0.25) is 5.91 Å². The molecule has 2 unspecified atom stereocenters. The molecule has 2 saturated carbocycles. The number of thioether (sulfide) groups is 1. The van der Waals surface area contributed by atoms with E-state index >= 15 is 0 Å². The maximum Gasteiger partial charge on any atom is 0.233 e. The van der Waals surface area contributed by atoms with Gasteiger partial charge in [0.1, 0.15) is 5.82 Å². The number of ether oxygens (including phenoxy) is 1. The van der Waals surface area contributed by atoms with Crippen molar-refractivity contribution in [3.8, 4) is 0 Å². The average Bonchev–Trinajstić information content (AvgIpc) is 3.42. The molecule has 2 heterocycles. The Morgan fingerprint density at radius 2 is 1.87 bits per heavy atom. The first-order chi connectivity index (χ1) is 11.1. The zero-order valence-electron chi connectivity index (χ0n) is 13.8. The molecule has 23 heavy (non-hydrogen) atoms. The van der Waals surface area contributed by atoms with Crippen LogP contribution in [0.3, 0.4) is 0 Å². The van der Waals surface area contributed by atoms with E-state index in [-0.39, 0.29) is 18.1 Å². The lowest BCUT2D eigenvalue weighted by atomic mass is 10.2. The van der Waals surface area contributed by atoms with Gasteiger partial charge in [0.05, 0.1) is 18.0 Å². The zero-order chi connectivity index (χ0) is 16.0. The molecule has 2 aliphatic carbocycles. The predicted molar refractivity (Wildman–Crippen MR) is 87.6 cm³/mol. The molecule has 3 fully saturated rings. The van der Waals surface area contributed by atoms with Crippen LogP contribution in [0.15, 0.2) is 5.16 Å². The first-order valence-electron chi connectivity index (χ1n) is 8.62. The van der Waals surface area contributed by atoms with Gasteiger partial charge >= 0.3 is 0 Å². The third-order valence-corrected chi connectivity index (χ3v) is 5.57. The van der Waals surface area contributed by atoms with Crippen LogP contribution in [-0.4, -0.2) is 56.6 Å². The molecule has 1 aliphatic heterocycles. The van der Waals surface area contributed by atoms with Crippen molar-refractivity contribution in [2.45, 2.75) is 68.9 Å². The summed E-state index contributed by atoms with van der Waals surface area (Å²) >= 11 is 1.54. The largest absolute Gasteiger partial charge is 0.372 e. The van der Waals surface area contributed by atoms with E-state index < -0.39 is 0 Å². The van der Waals surface area contributed by atoms with Gasteiger partial charge in [-0.1, -0.05) is 11.8 Å². The highest BCUT2D eigenvalue weighted by molar-refractivity contribution is 7.99. The van der Waals surface area contributed by atoms with E-state index in [0.717, 1.165) is 11.0 Å². The summed E-state index contributed by atoms with van der Waals surface area (Å²) in [6.07, 6.45) is 5.14. The highest BCUT2D eigenvalue weighted by Crippen LogP contribution is 2.46. The van der Waals surface area contributed by atoms with Gasteiger partial charge in [0, 0.05) is 25.0 Å². The summed E-state index contributed by atoms with van der Waals surface area (Å²) in [7, 11) is 0. The number of nitrogens with zero attached hydrogens (tertiary/aromatic N) is 4. The Morgan fingerprint density at radius 1 is 1.17 bits per heavy atom. The van der Waals surface area contributed by atoms with Crippen LogP contribution in [-0.2, 0) is 9.53 Å². The Bertz CT molecular complexity index is 587. The molecule has 6 nitrogen and oxygen atoms in total. The van der Waals surface area contributed by atoms with Gasteiger partial charge in [-0.15, -0.1) is 10.2 Å². The number of carbonyl (C=O) groups is 1. The fraction of sp³-hybridized carbons (Fsp3) is 0.812. The smallest absolute Gasteiger partial charge is 0.233 e. The van der Waals surface area contributed by atoms with Gasteiger partial charge in [0.25, 0.3) is 0 Å². The average molecular weight is 336 g/mol. The maximum atomic E-state index is 12.5. The van der Waals surface area contributed by atoms with Crippen LogP contribution in [0.4, 0.5) is 0 Å². The van der Waals surface area contributed by atoms with Gasteiger partial charge < -0.3 is 14.2 Å². The summed E-state index contributed by atoms with van der Waals surface area (Å²) in [5.41, 5.74) is 0. The van der Waals surface area contributed by atoms with Crippen molar-refractivity contribution in [2.75, 3.05) is 18.8 Å². The molecule has 7 heteroatoms. The lowest BCUT2D eigenvalue weighted by Crippen LogP contribution is -2.48. The number of amides is 1. The Balaban J connectivity index is 1.40. The van der Waals surface area contributed by atoms with E-state index in [1.807, 2.05) is 18.7 Å². The van der Waals surface area contributed by atoms with Crippen molar-refractivity contribution in [3.05, 3.63) is 5.82 Å². The molecular weight excluding hydrogens is 312 g/mol. The molecule has 1 aromatic heterocycles. The molecule has 1 saturated heterocycles. The summed E-state index contributed by atoms with van der Waals surface area (Å²) in [5.74, 6) is 2.37. The van der Waals surface area contributed by atoms with Crippen molar-refractivity contribution >= 4 is 17.7 Å². The second-order valence-corrected chi connectivity index (χ2v) is 8.00. The second-order valence-electron chi connectivity index (χ2n) is 7.06. The summed E-state index contributed by atoms with van der Waals surface area (Å²) in [5, 5.41) is 9.70. The maximum absolute atomic E-state index is 12.5. The Kier molecular flexibility index (Phi) is 4.09. The van der Waals surface area contributed by atoms with Crippen LogP contribution < -0.4 is 0 Å². The van der Waals surface area contributed by atoms with Crippen molar-refractivity contribution < 1.29 is 9.53 Å². The molecule has 1 amide bonds. The SMILES string of the molecule is CC1CN(C(=O)CSc2nnc(C3CC3)n2C2CC2)CC(C)O1. The number of rotatable bonds is 5. The Labute approximate surface area is 141 Å². The van der Waals surface area contributed by atoms with E-state index in [9.17, 15) is 4.79 Å². The van der Waals surface area contributed by atoms with E-state index in [1.54, 1.807) is 11.8 Å². The highest BCUT2D eigenvalue weighted by atomic mass is 32.2. The second kappa shape index (κ2) is 6.09. The third kappa shape index (κ3) is 3.40. The summed E-state index contributed by atoms with van der Waals surface area (Å²) in [6.45, 7) is 5.42. The lowest BCUT2D eigenvalue weighted by Gasteiger charge is -2.35.